The first-order valence-corrected chi connectivity index (χ1v) is 13.5. The van der Waals surface area contributed by atoms with Gasteiger partial charge in [0.1, 0.15) is 18.0 Å². The van der Waals surface area contributed by atoms with Crippen molar-refractivity contribution in [2.24, 2.45) is 28.5 Å². The number of nitrogens with zero attached hydrogens (tertiary/aromatic N) is 4. The number of anilines is 1. The summed E-state index contributed by atoms with van der Waals surface area (Å²) in [6, 6.07) is 8.02. The highest BCUT2D eigenvalue weighted by Crippen LogP contribution is 2.47. The molecule has 2 aliphatic carbocycles. The molecule has 0 spiro atoms. The Balaban J connectivity index is 1.13. The maximum atomic E-state index is 12.2. The van der Waals surface area contributed by atoms with Crippen LogP contribution in [0.3, 0.4) is 0 Å². The molecular formula is C28H33ClN6O2. The number of hydrogen-bond donors (Lipinski definition) is 2. The first kappa shape index (κ1) is 24.4. The molecular weight excluding hydrogens is 488 g/mol. The summed E-state index contributed by atoms with van der Waals surface area (Å²) in [6.07, 6.45) is 7.53. The van der Waals surface area contributed by atoms with E-state index in [1.165, 1.54) is 0 Å². The summed E-state index contributed by atoms with van der Waals surface area (Å²) in [4.78, 5) is 26.5. The lowest BCUT2D eigenvalue weighted by molar-refractivity contribution is -0.122. The van der Waals surface area contributed by atoms with Crippen LogP contribution in [-0.4, -0.2) is 78.8 Å². The largest absolute Gasteiger partial charge is 0.492 e. The average Bonchev–Trinajstić information content (AvgIpc) is 3.62. The molecule has 194 valence electrons. The highest BCUT2D eigenvalue weighted by atomic mass is 35.5. The van der Waals surface area contributed by atoms with E-state index in [2.05, 4.69) is 51.4 Å². The predicted molar refractivity (Wildman–Crippen MR) is 146 cm³/mol. The van der Waals surface area contributed by atoms with E-state index < -0.39 is 0 Å². The zero-order valence-corrected chi connectivity index (χ0v) is 21.8. The fourth-order valence-electron chi connectivity index (χ4n) is 6.09. The first-order valence-electron chi connectivity index (χ1n) is 13.1. The van der Waals surface area contributed by atoms with Crippen LogP contribution in [-0.2, 0) is 11.2 Å². The van der Waals surface area contributed by atoms with Gasteiger partial charge in [-0.25, -0.2) is 4.99 Å². The molecule has 37 heavy (non-hydrogen) atoms. The van der Waals surface area contributed by atoms with Gasteiger partial charge in [-0.2, -0.15) is 0 Å². The molecule has 2 fully saturated rings. The van der Waals surface area contributed by atoms with Crippen molar-refractivity contribution in [2.45, 2.75) is 18.9 Å². The third-order valence-corrected chi connectivity index (χ3v) is 8.51. The lowest BCUT2D eigenvalue weighted by Crippen LogP contribution is -2.45. The number of piperazine rings is 1. The molecule has 2 aromatic rings. The van der Waals surface area contributed by atoms with Gasteiger partial charge in [-0.05, 0) is 55.1 Å². The van der Waals surface area contributed by atoms with Gasteiger partial charge < -0.3 is 20.7 Å². The zero-order valence-electron chi connectivity index (χ0n) is 21.1. The highest BCUT2D eigenvalue weighted by molar-refractivity contribution is 6.34. The van der Waals surface area contributed by atoms with Crippen LogP contribution in [0.25, 0.3) is 0 Å². The molecule has 3 heterocycles. The summed E-state index contributed by atoms with van der Waals surface area (Å²) >= 11 is 6.59. The van der Waals surface area contributed by atoms with Crippen LogP contribution in [0.4, 0.5) is 11.4 Å². The molecule has 3 N–H and O–H groups in total. The van der Waals surface area contributed by atoms with Gasteiger partial charge in [0.25, 0.3) is 0 Å². The van der Waals surface area contributed by atoms with Crippen LogP contribution in [0.5, 0.6) is 5.75 Å². The third-order valence-electron chi connectivity index (χ3n) is 8.22. The number of primary amides is 1. The Morgan fingerprint density at radius 1 is 1.16 bits per heavy atom. The zero-order chi connectivity index (χ0) is 25.5. The molecule has 1 amide bonds. The number of rotatable bonds is 8. The number of hydrogen-bond acceptors (Lipinski definition) is 7. The van der Waals surface area contributed by atoms with Gasteiger partial charge in [0.2, 0.25) is 5.91 Å². The second-order valence-electron chi connectivity index (χ2n) is 10.6. The molecule has 4 atom stereocenters. The summed E-state index contributed by atoms with van der Waals surface area (Å²) in [5.74, 6) is 0.792. The fraction of sp³-hybridized carbons (Fsp3) is 0.464. The van der Waals surface area contributed by atoms with Crippen molar-refractivity contribution >= 4 is 34.6 Å². The SMILES string of the molecule is CN1CCN(CCOc2ccc(C3=Nc4c(ncc(Cl)c4N[C@H]4[C@@H](C(N)=O)[C@@H]5C=C[C@H]4C5)C3)cc2)CC1. The quantitative estimate of drug-likeness (QED) is 0.519. The molecule has 4 aliphatic rings. The molecule has 0 radical (unpaired) electrons. The number of likely N-dealkylation sites (N-methyl/N-ethyl adjacent to an activating group) is 1. The molecule has 1 aromatic heterocycles. The van der Waals surface area contributed by atoms with Crippen molar-refractivity contribution in [3.8, 4) is 5.75 Å². The number of carbonyl (C=O) groups excluding carboxylic acids is 1. The standard InChI is InChI=1S/C28H33ClN6O2/c1-34-8-10-35(11-9-34)12-13-37-20-6-4-17(5-7-20)22-15-23-27(32-22)26(21(29)16-31-23)33-25-19-3-2-18(14-19)24(25)28(30)36/h2-7,16,18-19,24-25H,8-15H2,1H3,(H2,30,36)(H,31,33)/t18-,19+,24+,25-/m1/s1. The van der Waals surface area contributed by atoms with Crippen LogP contribution in [0.1, 0.15) is 17.7 Å². The molecule has 9 heteroatoms. The van der Waals surface area contributed by atoms with Crippen molar-refractivity contribution in [3.05, 3.63) is 58.9 Å². The van der Waals surface area contributed by atoms with Crippen molar-refractivity contribution in [1.82, 2.24) is 14.8 Å². The Hall–Kier alpha value is -2.94. The lowest BCUT2D eigenvalue weighted by Gasteiger charge is -2.32. The predicted octanol–water partition coefficient (Wildman–Crippen LogP) is 3.13. The van der Waals surface area contributed by atoms with E-state index in [0.29, 0.717) is 18.1 Å². The molecule has 1 aromatic carbocycles. The number of amides is 1. The number of benzene rings is 1. The molecule has 1 saturated carbocycles. The fourth-order valence-corrected chi connectivity index (χ4v) is 6.28. The Morgan fingerprint density at radius 3 is 2.68 bits per heavy atom. The van der Waals surface area contributed by atoms with Crippen molar-refractivity contribution in [3.63, 3.8) is 0 Å². The van der Waals surface area contributed by atoms with Crippen LogP contribution >= 0.6 is 11.6 Å². The normalized spacial score (nSPS) is 26.8. The van der Waals surface area contributed by atoms with Gasteiger partial charge in [-0.3, -0.25) is 14.7 Å². The second kappa shape index (κ2) is 10.1. The molecule has 2 bridgehead atoms. The van der Waals surface area contributed by atoms with E-state index in [1.807, 2.05) is 12.1 Å². The minimum absolute atomic E-state index is 0.0852. The van der Waals surface area contributed by atoms with Crippen LogP contribution in [0.2, 0.25) is 5.02 Å². The topological polar surface area (TPSA) is 96.1 Å². The lowest BCUT2D eigenvalue weighted by atomic mass is 9.88. The van der Waals surface area contributed by atoms with E-state index in [4.69, 9.17) is 27.1 Å². The van der Waals surface area contributed by atoms with Gasteiger partial charge in [0.05, 0.1) is 28.0 Å². The number of carbonyl (C=O) groups is 1. The van der Waals surface area contributed by atoms with Gasteiger partial charge in [0, 0.05) is 51.4 Å². The van der Waals surface area contributed by atoms with Gasteiger partial charge >= 0.3 is 0 Å². The number of aliphatic imine (C=N–C) groups is 1. The minimum atomic E-state index is -0.272. The minimum Gasteiger partial charge on any atom is -0.492 e. The second-order valence-corrected chi connectivity index (χ2v) is 11.0. The van der Waals surface area contributed by atoms with Gasteiger partial charge in [0.15, 0.2) is 0 Å². The van der Waals surface area contributed by atoms with E-state index in [-0.39, 0.29) is 29.7 Å². The van der Waals surface area contributed by atoms with E-state index in [9.17, 15) is 4.79 Å². The summed E-state index contributed by atoms with van der Waals surface area (Å²) in [7, 11) is 2.17. The number of nitrogens with two attached hydrogens (primary N) is 1. The van der Waals surface area contributed by atoms with E-state index in [1.54, 1.807) is 6.20 Å². The Bertz CT molecular complexity index is 1240. The number of halogens is 1. The van der Waals surface area contributed by atoms with Crippen molar-refractivity contribution in [2.75, 3.05) is 51.7 Å². The molecule has 8 nitrogen and oxygen atoms in total. The van der Waals surface area contributed by atoms with Crippen molar-refractivity contribution in [1.29, 1.82) is 0 Å². The molecule has 2 aliphatic heterocycles. The maximum absolute atomic E-state index is 12.2. The Kier molecular flexibility index (Phi) is 6.65. The van der Waals surface area contributed by atoms with E-state index >= 15 is 0 Å². The van der Waals surface area contributed by atoms with Crippen LogP contribution in [0, 0.1) is 17.8 Å². The number of nitrogens with one attached hydrogen (secondary N) is 1. The summed E-state index contributed by atoms with van der Waals surface area (Å²) in [5.41, 5.74) is 10.1. The first-order chi connectivity index (χ1) is 18.0. The monoisotopic (exact) mass is 520 g/mol. The number of allylic oxidation sites excluding steroid dienone is 1. The van der Waals surface area contributed by atoms with Gasteiger partial charge in [-0.1, -0.05) is 23.8 Å². The highest BCUT2D eigenvalue weighted by Gasteiger charge is 2.48. The number of fused-ring (bicyclic) bond motifs is 3. The smallest absolute Gasteiger partial charge is 0.223 e. The van der Waals surface area contributed by atoms with Crippen molar-refractivity contribution < 1.29 is 9.53 Å². The summed E-state index contributed by atoms with van der Waals surface area (Å²) in [6.45, 7) is 6.03. The van der Waals surface area contributed by atoms with Gasteiger partial charge in [-0.15, -0.1) is 0 Å². The van der Waals surface area contributed by atoms with Crippen LogP contribution in [0.15, 0.2) is 47.6 Å². The maximum Gasteiger partial charge on any atom is 0.223 e. The summed E-state index contributed by atoms with van der Waals surface area (Å²) in [5, 5.41) is 4.05. The number of ether oxygens (including phenoxy) is 1. The Labute approximate surface area is 222 Å². The third kappa shape index (κ3) is 4.85. The summed E-state index contributed by atoms with van der Waals surface area (Å²) < 4.78 is 6.00. The average molecular weight is 521 g/mol. The molecule has 1 saturated heterocycles. The number of aromatic nitrogens is 1. The Morgan fingerprint density at radius 2 is 1.92 bits per heavy atom. The van der Waals surface area contributed by atoms with Crippen LogP contribution < -0.4 is 15.8 Å². The molecule has 6 rings (SSSR count). The molecule has 0 unspecified atom stereocenters. The number of pyridine rings is 1. The van der Waals surface area contributed by atoms with E-state index in [0.717, 1.165) is 73.2 Å².